The van der Waals surface area contributed by atoms with Crippen LogP contribution in [0, 0.1) is 0 Å². The second kappa shape index (κ2) is 7.06. The van der Waals surface area contributed by atoms with E-state index in [1.807, 2.05) is 0 Å². The van der Waals surface area contributed by atoms with Crippen LogP contribution in [-0.4, -0.2) is 29.4 Å². The molecular weight excluding hydrogens is 284 g/mol. The third-order valence-electron chi connectivity index (χ3n) is 2.69. The first-order valence-electron chi connectivity index (χ1n) is 7.00. The van der Waals surface area contributed by atoms with Crippen molar-refractivity contribution in [1.29, 1.82) is 0 Å². The van der Waals surface area contributed by atoms with E-state index in [1.165, 1.54) is 13.8 Å². The summed E-state index contributed by atoms with van der Waals surface area (Å²) in [6.07, 6.45) is -0.671. The van der Waals surface area contributed by atoms with Gasteiger partial charge < -0.3 is 15.4 Å². The average Bonchev–Trinajstić information content (AvgIpc) is 2.36. The second-order valence-electron chi connectivity index (χ2n) is 5.96. The Morgan fingerprint density at radius 3 is 2.27 bits per heavy atom. The molecule has 1 rings (SSSR count). The number of hydrogen-bond donors (Lipinski definition) is 2. The summed E-state index contributed by atoms with van der Waals surface area (Å²) in [5.41, 5.74) is 0.194. The Hall–Kier alpha value is -2.37. The lowest BCUT2D eigenvalue weighted by atomic mass is 10.1. The zero-order valence-electron chi connectivity index (χ0n) is 13.5. The normalized spacial score (nSPS) is 12.2. The van der Waals surface area contributed by atoms with Crippen LogP contribution in [0.15, 0.2) is 24.3 Å². The number of benzene rings is 1. The maximum absolute atomic E-state index is 12.1. The fraction of sp³-hybridized carbons (Fsp3) is 0.438. The third kappa shape index (κ3) is 5.55. The van der Waals surface area contributed by atoms with Crippen LogP contribution in [0.1, 0.15) is 45.0 Å². The molecule has 0 unspecified atom stereocenters. The van der Waals surface area contributed by atoms with Crippen molar-refractivity contribution < 1.29 is 19.1 Å². The molecule has 0 aliphatic heterocycles. The van der Waals surface area contributed by atoms with Gasteiger partial charge in [0.15, 0.2) is 5.78 Å². The Kier molecular flexibility index (Phi) is 5.68. The number of Topliss-reactive ketones (excluding diaryl/α,β-unsaturated/α-hetero) is 1. The van der Waals surface area contributed by atoms with Crippen LogP contribution >= 0.6 is 0 Å². The number of nitrogens with one attached hydrogen (secondary N) is 2. The van der Waals surface area contributed by atoms with Crippen molar-refractivity contribution in [3.05, 3.63) is 29.8 Å². The van der Waals surface area contributed by atoms with E-state index in [4.69, 9.17) is 4.74 Å². The number of rotatable bonds is 4. The highest BCUT2D eigenvalue weighted by Crippen LogP contribution is 2.15. The molecule has 6 heteroatoms. The van der Waals surface area contributed by atoms with Gasteiger partial charge in [0.1, 0.15) is 11.6 Å². The first-order valence-corrected chi connectivity index (χ1v) is 7.00. The maximum atomic E-state index is 12.1. The van der Waals surface area contributed by atoms with Crippen molar-refractivity contribution >= 4 is 23.5 Å². The molecule has 0 aliphatic carbocycles. The number of anilines is 1. The minimum absolute atomic E-state index is 0.149. The van der Waals surface area contributed by atoms with Gasteiger partial charge in [-0.3, -0.25) is 9.59 Å². The van der Waals surface area contributed by atoms with Gasteiger partial charge >= 0.3 is 6.09 Å². The number of carbonyl (C=O) groups is 3. The Morgan fingerprint density at radius 2 is 1.73 bits per heavy atom. The summed E-state index contributed by atoms with van der Waals surface area (Å²) < 4.78 is 5.09. The minimum Gasteiger partial charge on any atom is -0.444 e. The highest BCUT2D eigenvalue weighted by Gasteiger charge is 2.21. The van der Waals surface area contributed by atoms with Crippen LogP contribution in [-0.2, 0) is 9.53 Å². The fourth-order valence-corrected chi connectivity index (χ4v) is 1.69. The first-order chi connectivity index (χ1) is 10.1. The second-order valence-corrected chi connectivity index (χ2v) is 5.96. The van der Waals surface area contributed by atoms with E-state index in [2.05, 4.69) is 10.6 Å². The number of para-hydroxylation sites is 1. The minimum atomic E-state index is -0.796. The molecule has 0 radical (unpaired) electrons. The van der Waals surface area contributed by atoms with Crippen LogP contribution < -0.4 is 10.6 Å². The largest absolute Gasteiger partial charge is 0.444 e. The van der Waals surface area contributed by atoms with Crippen LogP contribution in [0.3, 0.4) is 0 Å². The monoisotopic (exact) mass is 306 g/mol. The Bertz CT molecular complexity index is 576. The average molecular weight is 306 g/mol. The summed E-state index contributed by atoms with van der Waals surface area (Å²) in [6, 6.07) is 5.90. The van der Waals surface area contributed by atoms with Gasteiger partial charge in [0.05, 0.1) is 5.69 Å². The van der Waals surface area contributed by atoms with Gasteiger partial charge in [0.2, 0.25) is 5.91 Å². The van der Waals surface area contributed by atoms with Crippen LogP contribution in [0.4, 0.5) is 10.5 Å². The Morgan fingerprint density at radius 1 is 1.14 bits per heavy atom. The molecule has 2 amide bonds. The summed E-state index contributed by atoms with van der Waals surface area (Å²) in [4.78, 5) is 35.2. The molecule has 22 heavy (non-hydrogen) atoms. The number of amides is 2. The molecule has 0 saturated carbocycles. The van der Waals surface area contributed by atoms with E-state index in [-0.39, 0.29) is 5.78 Å². The molecule has 0 spiro atoms. The van der Waals surface area contributed by atoms with Crippen molar-refractivity contribution in [2.24, 2.45) is 0 Å². The molecule has 0 saturated heterocycles. The summed E-state index contributed by atoms with van der Waals surface area (Å²) in [7, 11) is 0. The predicted octanol–water partition coefficient (Wildman–Crippen LogP) is 2.74. The van der Waals surface area contributed by atoms with Gasteiger partial charge in [-0.25, -0.2) is 4.79 Å². The first kappa shape index (κ1) is 17.7. The van der Waals surface area contributed by atoms with E-state index >= 15 is 0 Å². The lowest BCUT2D eigenvalue weighted by molar-refractivity contribution is -0.117. The molecule has 1 aromatic rings. The fourth-order valence-electron chi connectivity index (χ4n) is 1.69. The zero-order valence-corrected chi connectivity index (χ0v) is 13.5. The maximum Gasteiger partial charge on any atom is 0.408 e. The number of hydrogen-bond acceptors (Lipinski definition) is 4. The van der Waals surface area contributed by atoms with E-state index < -0.39 is 23.6 Å². The van der Waals surface area contributed by atoms with E-state index in [0.29, 0.717) is 11.3 Å². The molecule has 6 nitrogen and oxygen atoms in total. The van der Waals surface area contributed by atoms with Gasteiger partial charge in [-0.15, -0.1) is 0 Å². The number of ketones is 1. The molecule has 0 fully saturated rings. The smallest absolute Gasteiger partial charge is 0.408 e. The van der Waals surface area contributed by atoms with E-state index in [0.717, 1.165) is 0 Å². The molecule has 0 heterocycles. The van der Waals surface area contributed by atoms with E-state index in [9.17, 15) is 14.4 Å². The number of ether oxygens (including phenoxy) is 1. The third-order valence-corrected chi connectivity index (χ3v) is 2.69. The molecule has 0 bridgehead atoms. The van der Waals surface area contributed by atoms with Gasteiger partial charge in [-0.1, -0.05) is 12.1 Å². The van der Waals surface area contributed by atoms with Crippen molar-refractivity contribution in [3.63, 3.8) is 0 Å². The zero-order chi connectivity index (χ0) is 16.9. The van der Waals surface area contributed by atoms with Gasteiger partial charge in [0.25, 0.3) is 0 Å². The van der Waals surface area contributed by atoms with Gasteiger partial charge in [0, 0.05) is 5.56 Å². The van der Waals surface area contributed by atoms with Gasteiger partial charge in [-0.2, -0.15) is 0 Å². The van der Waals surface area contributed by atoms with Gasteiger partial charge in [-0.05, 0) is 46.8 Å². The predicted molar refractivity (Wildman–Crippen MR) is 83.9 cm³/mol. The highest BCUT2D eigenvalue weighted by atomic mass is 16.6. The standard InChI is InChI=1S/C16H22N2O4/c1-10(17-15(21)22-16(3,4)5)14(20)18-13-9-7-6-8-12(13)11(2)19/h6-10H,1-5H3,(H,17,21)(H,18,20)/t10-/m0/s1. The van der Waals surface area contributed by atoms with Crippen LogP contribution in [0.2, 0.25) is 0 Å². The molecule has 2 N–H and O–H groups in total. The molecule has 0 aromatic heterocycles. The van der Waals surface area contributed by atoms with Crippen molar-refractivity contribution in [3.8, 4) is 0 Å². The number of alkyl carbamates (subject to hydrolysis) is 1. The lowest BCUT2D eigenvalue weighted by Gasteiger charge is -2.21. The topological polar surface area (TPSA) is 84.5 Å². The molecule has 1 atom stereocenters. The van der Waals surface area contributed by atoms with Crippen molar-refractivity contribution in [2.75, 3.05) is 5.32 Å². The summed E-state index contributed by atoms with van der Waals surface area (Å²) >= 11 is 0. The lowest BCUT2D eigenvalue weighted by Crippen LogP contribution is -2.44. The summed E-state index contributed by atoms with van der Waals surface area (Å²) in [6.45, 7) is 8.17. The van der Waals surface area contributed by atoms with Crippen molar-refractivity contribution in [1.82, 2.24) is 5.32 Å². The SMILES string of the molecule is CC(=O)c1ccccc1NC(=O)[C@H](C)NC(=O)OC(C)(C)C. The van der Waals surface area contributed by atoms with Crippen LogP contribution in [0.25, 0.3) is 0 Å². The highest BCUT2D eigenvalue weighted by molar-refractivity contribution is 6.05. The number of carbonyl (C=O) groups excluding carboxylic acids is 3. The molecule has 120 valence electrons. The Balaban J connectivity index is 2.69. The Labute approximate surface area is 130 Å². The molecular formula is C16H22N2O4. The van der Waals surface area contributed by atoms with E-state index in [1.54, 1.807) is 45.0 Å². The summed E-state index contributed by atoms with van der Waals surface area (Å²) in [5, 5.41) is 5.08. The molecule has 1 aromatic carbocycles. The van der Waals surface area contributed by atoms with Crippen molar-refractivity contribution in [2.45, 2.75) is 46.3 Å². The van der Waals surface area contributed by atoms with Crippen LogP contribution in [0.5, 0.6) is 0 Å². The quantitative estimate of drug-likeness (QED) is 0.838. The summed E-state index contributed by atoms with van der Waals surface area (Å²) in [5.74, 6) is -0.580. The molecule has 0 aliphatic rings.